The fraction of sp³-hybridized carbons (Fsp3) is 0.320. The number of hydrazine groups is 1. The van der Waals surface area contributed by atoms with Crippen LogP contribution < -0.4 is 5.73 Å². The molecule has 3 aromatic heterocycles. The van der Waals surface area contributed by atoms with Crippen molar-refractivity contribution in [3.63, 3.8) is 0 Å². The molecular weight excluding hydrogens is 487 g/mol. The maximum absolute atomic E-state index is 13.9. The van der Waals surface area contributed by atoms with Gasteiger partial charge < -0.3 is 5.73 Å². The summed E-state index contributed by atoms with van der Waals surface area (Å²) in [6.07, 6.45) is -0.00133. The first kappa shape index (κ1) is 23.2. The number of hydrogen-bond acceptors (Lipinski definition) is 6. The first-order chi connectivity index (χ1) is 17.6. The molecule has 2 N–H and O–H groups in total. The third-order valence-corrected chi connectivity index (χ3v) is 7.24. The van der Waals surface area contributed by atoms with Crippen molar-refractivity contribution in [3.05, 3.63) is 59.5 Å². The van der Waals surface area contributed by atoms with Crippen LogP contribution in [0.5, 0.6) is 0 Å². The van der Waals surface area contributed by atoms with Crippen LogP contribution in [0.1, 0.15) is 40.9 Å². The fourth-order valence-corrected chi connectivity index (χ4v) is 5.41. The van der Waals surface area contributed by atoms with E-state index in [0.717, 1.165) is 25.1 Å². The molecule has 1 aliphatic heterocycles. The Morgan fingerprint density at radius 1 is 1.16 bits per heavy atom. The molecule has 1 saturated carbocycles. The summed E-state index contributed by atoms with van der Waals surface area (Å²) in [4.78, 5) is 35.3. The molecule has 2 aliphatic rings. The van der Waals surface area contributed by atoms with E-state index in [0.29, 0.717) is 39.6 Å². The second kappa shape index (κ2) is 8.15. The van der Waals surface area contributed by atoms with E-state index in [2.05, 4.69) is 15.1 Å². The van der Waals surface area contributed by atoms with E-state index in [1.807, 2.05) is 0 Å². The van der Waals surface area contributed by atoms with Gasteiger partial charge in [0.25, 0.3) is 5.91 Å². The van der Waals surface area contributed by atoms with Gasteiger partial charge in [0.15, 0.2) is 0 Å². The van der Waals surface area contributed by atoms with E-state index in [-0.39, 0.29) is 30.1 Å². The summed E-state index contributed by atoms with van der Waals surface area (Å²) < 4.78 is 40.7. The Balaban J connectivity index is 1.41. The standard InChI is InChI=1S/C25H22F3N7O2/c1-33-21-18-9-14(3-7-20(18)32-22(29)19(21)11-31-33)23(36)34(35-17-6-2-13(8-17)24(35)37)12-16-5-4-15(10-30-16)25(26,27)28/h3-5,7,9-11,13,17H,2,6,8,12H2,1H3,(H2,29,32)/t13-,17+/m1/s1. The van der Waals surface area contributed by atoms with Gasteiger partial charge in [0.2, 0.25) is 5.91 Å². The van der Waals surface area contributed by atoms with Gasteiger partial charge in [0.1, 0.15) is 5.82 Å². The molecule has 37 heavy (non-hydrogen) atoms. The van der Waals surface area contributed by atoms with Crippen LogP contribution in [-0.2, 0) is 24.6 Å². The third kappa shape index (κ3) is 3.74. The number of halogens is 3. The zero-order chi connectivity index (χ0) is 26.1. The van der Waals surface area contributed by atoms with E-state index >= 15 is 0 Å². The number of fused-ring (bicyclic) bond motifs is 5. The topological polar surface area (TPSA) is 110 Å². The van der Waals surface area contributed by atoms with Crippen LogP contribution in [0.2, 0.25) is 0 Å². The van der Waals surface area contributed by atoms with Gasteiger partial charge in [-0.3, -0.25) is 19.3 Å². The highest BCUT2D eigenvalue weighted by Crippen LogP contribution is 2.40. The second-order valence-electron chi connectivity index (χ2n) is 9.50. The zero-order valence-corrected chi connectivity index (χ0v) is 19.7. The molecule has 190 valence electrons. The van der Waals surface area contributed by atoms with Crippen molar-refractivity contribution in [2.75, 3.05) is 5.73 Å². The number of nitrogens with zero attached hydrogens (tertiary/aromatic N) is 6. The number of hydrogen-bond donors (Lipinski definition) is 1. The molecule has 4 heterocycles. The Hall–Kier alpha value is -4.22. The number of carbonyl (C=O) groups excluding carboxylic acids is 2. The molecule has 2 atom stereocenters. The number of alkyl halides is 3. The minimum absolute atomic E-state index is 0.137. The van der Waals surface area contributed by atoms with Gasteiger partial charge >= 0.3 is 6.18 Å². The molecule has 0 spiro atoms. The van der Waals surface area contributed by atoms with Crippen LogP contribution in [0, 0.1) is 5.92 Å². The Kier molecular flexibility index (Phi) is 5.11. The number of aryl methyl sites for hydroxylation is 1. The fourth-order valence-electron chi connectivity index (χ4n) is 5.41. The highest BCUT2D eigenvalue weighted by molar-refractivity contribution is 6.10. The highest BCUT2D eigenvalue weighted by atomic mass is 19.4. The van der Waals surface area contributed by atoms with E-state index in [1.54, 1.807) is 36.1 Å². The maximum atomic E-state index is 13.9. The number of nitrogen functional groups attached to an aromatic ring is 1. The molecule has 6 rings (SSSR count). The monoisotopic (exact) mass is 509 g/mol. The molecule has 2 amide bonds. The summed E-state index contributed by atoms with van der Waals surface area (Å²) in [6.45, 7) is -0.148. The largest absolute Gasteiger partial charge is 0.417 e. The predicted octanol–water partition coefficient (Wildman–Crippen LogP) is 3.69. The molecule has 0 unspecified atom stereocenters. The van der Waals surface area contributed by atoms with Crippen LogP contribution in [0.4, 0.5) is 19.0 Å². The Morgan fingerprint density at radius 2 is 1.97 bits per heavy atom. The molecule has 9 nitrogen and oxygen atoms in total. The normalized spacial score (nSPS) is 19.4. The van der Waals surface area contributed by atoms with Crippen LogP contribution in [0.25, 0.3) is 21.8 Å². The summed E-state index contributed by atoms with van der Waals surface area (Å²) in [5.41, 5.74) is 7.02. The van der Waals surface area contributed by atoms with Crippen LogP contribution >= 0.6 is 0 Å². The molecular formula is C25H22F3N7O2. The van der Waals surface area contributed by atoms with E-state index in [9.17, 15) is 22.8 Å². The lowest BCUT2D eigenvalue weighted by molar-refractivity contribution is -0.149. The van der Waals surface area contributed by atoms with Crippen molar-refractivity contribution in [2.45, 2.75) is 38.0 Å². The van der Waals surface area contributed by atoms with E-state index < -0.39 is 17.6 Å². The summed E-state index contributed by atoms with van der Waals surface area (Å²) >= 11 is 0. The minimum atomic E-state index is -4.52. The number of piperidine rings is 1. The maximum Gasteiger partial charge on any atom is 0.417 e. The summed E-state index contributed by atoms with van der Waals surface area (Å²) in [6, 6.07) is 6.98. The Bertz CT molecular complexity index is 1560. The molecule has 0 radical (unpaired) electrons. The van der Waals surface area contributed by atoms with Crippen molar-refractivity contribution >= 4 is 39.4 Å². The highest BCUT2D eigenvalue weighted by Gasteiger charge is 2.48. The third-order valence-electron chi connectivity index (χ3n) is 7.24. The number of amides is 2. The van der Waals surface area contributed by atoms with Gasteiger partial charge in [-0.2, -0.15) is 18.3 Å². The molecule has 1 aliphatic carbocycles. The molecule has 2 bridgehead atoms. The summed E-state index contributed by atoms with van der Waals surface area (Å²) in [5.74, 6) is -0.445. The minimum Gasteiger partial charge on any atom is -0.383 e. The number of aromatic nitrogens is 4. The number of nitrogens with two attached hydrogens (primary N) is 1. The SMILES string of the molecule is Cn1ncc2c(N)nc3ccc(C(=O)N(Cc4ccc(C(F)(F)F)cn4)N4C(=O)[C@@H]5CC[C@H]4C5)cc3c21. The van der Waals surface area contributed by atoms with Crippen molar-refractivity contribution in [1.29, 1.82) is 0 Å². The first-order valence-electron chi connectivity index (χ1n) is 11.8. The Labute approximate surface area is 208 Å². The van der Waals surface area contributed by atoms with Crippen molar-refractivity contribution < 1.29 is 22.8 Å². The summed E-state index contributed by atoms with van der Waals surface area (Å²) in [5, 5.41) is 8.36. The van der Waals surface area contributed by atoms with Crippen LogP contribution in [-0.4, -0.2) is 47.6 Å². The average molecular weight is 509 g/mol. The molecule has 1 aromatic carbocycles. The van der Waals surface area contributed by atoms with Gasteiger partial charge in [-0.05, 0) is 49.6 Å². The van der Waals surface area contributed by atoms with E-state index in [4.69, 9.17) is 5.73 Å². The molecule has 12 heteroatoms. The van der Waals surface area contributed by atoms with Gasteiger partial charge in [0, 0.05) is 30.1 Å². The number of anilines is 1. The molecule has 1 saturated heterocycles. The van der Waals surface area contributed by atoms with Crippen molar-refractivity contribution in [1.82, 2.24) is 29.8 Å². The molecule has 2 fully saturated rings. The van der Waals surface area contributed by atoms with Crippen molar-refractivity contribution in [3.8, 4) is 0 Å². The summed E-state index contributed by atoms with van der Waals surface area (Å²) in [7, 11) is 1.76. The molecule has 4 aromatic rings. The average Bonchev–Trinajstić information content (AvgIpc) is 3.57. The smallest absolute Gasteiger partial charge is 0.383 e. The lowest BCUT2D eigenvalue weighted by Crippen LogP contribution is -2.52. The number of carbonyl (C=O) groups is 2. The first-order valence-corrected chi connectivity index (χ1v) is 11.8. The predicted molar refractivity (Wildman–Crippen MR) is 128 cm³/mol. The quantitative estimate of drug-likeness (QED) is 0.449. The van der Waals surface area contributed by atoms with Crippen LogP contribution in [0.3, 0.4) is 0 Å². The Morgan fingerprint density at radius 3 is 2.65 bits per heavy atom. The van der Waals surface area contributed by atoms with Crippen LogP contribution in [0.15, 0.2) is 42.7 Å². The van der Waals surface area contributed by atoms with E-state index in [1.165, 1.54) is 16.1 Å². The number of rotatable bonds is 4. The van der Waals surface area contributed by atoms with Crippen molar-refractivity contribution in [2.24, 2.45) is 13.0 Å². The number of benzene rings is 1. The zero-order valence-electron chi connectivity index (χ0n) is 19.7. The van der Waals surface area contributed by atoms with Gasteiger partial charge in [-0.15, -0.1) is 0 Å². The lowest BCUT2D eigenvalue weighted by Gasteiger charge is -2.37. The van der Waals surface area contributed by atoms with Gasteiger partial charge in [-0.25, -0.2) is 15.0 Å². The van der Waals surface area contributed by atoms with Gasteiger partial charge in [-0.1, -0.05) is 0 Å². The van der Waals surface area contributed by atoms with Gasteiger partial charge in [0.05, 0.1) is 46.5 Å². The second-order valence-corrected chi connectivity index (χ2v) is 9.50. The number of pyridine rings is 2. The lowest BCUT2D eigenvalue weighted by atomic mass is 10.1.